The zero-order chi connectivity index (χ0) is 16.4. The van der Waals surface area contributed by atoms with E-state index in [-0.39, 0.29) is 5.92 Å². The molecule has 0 saturated carbocycles. The normalized spacial score (nSPS) is 20.4. The highest BCUT2D eigenvalue weighted by Gasteiger charge is 2.30. The van der Waals surface area contributed by atoms with Gasteiger partial charge in [-0.25, -0.2) is 0 Å². The summed E-state index contributed by atoms with van der Waals surface area (Å²) in [5.41, 5.74) is 1.45. The first kappa shape index (κ1) is 15.6. The molecule has 24 heavy (non-hydrogen) atoms. The van der Waals surface area contributed by atoms with Crippen LogP contribution in [-0.2, 0) is 9.53 Å². The molecule has 4 rings (SSSR count). The van der Waals surface area contributed by atoms with Crippen molar-refractivity contribution in [2.45, 2.75) is 31.6 Å². The van der Waals surface area contributed by atoms with Gasteiger partial charge in [0.15, 0.2) is 0 Å². The van der Waals surface area contributed by atoms with Crippen LogP contribution in [0.4, 0.5) is 0 Å². The standard InChI is InChI=1S/C21H25NO2/c23-21(18-10-14-24-15-11-18)22-12-8-17(9-13-22)20-7-3-5-16-4-1-2-6-19(16)20/h1-7,17-18H,8-15H2. The number of ether oxygens (including phenoxy) is 1. The Hall–Kier alpha value is -1.87. The van der Waals surface area contributed by atoms with Crippen molar-refractivity contribution in [1.82, 2.24) is 4.90 Å². The molecule has 0 aliphatic carbocycles. The highest BCUT2D eigenvalue weighted by molar-refractivity contribution is 5.86. The van der Waals surface area contributed by atoms with Gasteiger partial charge in [0.1, 0.15) is 0 Å². The molecule has 3 nitrogen and oxygen atoms in total. The van der Waals surface area contributed by atoms with E-state index < -0.39 is 0 Å². The summed E-state index contributed by atoms with van der Waals surface area (Å²) in [6.45, 7) is 3.26. The van der Waals surface area contributed by atoms with Gasteiger partial charge in [-0.2, -0.15) is 0 Å². The van der Waals surface area contributed by atoms with Crippen LogP contribution in [0.2, 0.25) is 0 Å². The molecule has 0 aromatic heterocycles. The van der Waals surface area contributed by atoms with E-state index in [4.69, 9.17) is 4.74 Å². The summed E-state index contributed by atoms with van der Waals surface area (Å²) >= 11 is 0. The molecule has 2 heterocycles. The smallest absolute Gasteiger partial charge is 0.225 e. The summed E-state index contributed by atoms with van der Waals surface area (Å²) in [4.78, 5) is 14.8. The Labute approximate surface area is 143 Å². The quantitative estimate of drug-likeness (QED) is 0.837. The van der Waals surface area contributed by atoms with Gasteiger partial charge < -0.3 is 9.64 Å². The molecular weight excluding hydrogens is 298 g/mol. The van der Waals surface area contributed by atoms with Crippen molar-refractivity contribution < 1.29 is 9.53 Å². The number of benzene rings is 2. The minimum atomic E-state index is 0.188. The minimum Gasteiger partial charge on any atom is -0.381 e. The molecule has 0 spiro atoms. The Kier molecular flexibility index (Phi) is 4.52. The van der Waals surface area contributed by atoms with Gasteiger partial charge in [-0.3, -0.25) is 4.79 Å². The zero-order valence-electron chi connectivity index (χ0n) is 14.1. The fraction of sp³-hybridized carbons (Fsp3) is 0.476. The maximum atomic E-state index is 12.7. The molecule has 2 saturated heterocycles. The lowest BCUT2D eigenvalue weighted by Gasteiger charge is -2.35. The Morgan fingerprint density at radius 3 is 2.42 bits per heavy atom. The van der Waals surface area contributed by atoms with Crippen molar-refractivity contribution in [3.8, 4) is 0 Å². The molecule has 0 bridgehead atoms. The average molecular weight is 323 g/mol. The van der Waals surface area contributed by atoms with Gasteiger partial charge in [0, 0.05) is 32.2 Å². The maximum Gasteiger partial charge on any atom is 0.225 e. The number of hydrogen-bond donors (Lipinski definition) is 0. The van der Waals surface area contributed by atoms with Gasteiger partial charge >= 0.3 is 0 Å². The van der Waals surface area contributed by atoms with Gasteiger partial charge in [0.25, 0.3) is 0 Å². The lowest BCUT2D eigenvalue weighted by molar-refractivity contribution is -0.139. The van der Waals surface area contributed by atoms with Gasteiger partial charge in [0.2, 0.25) is 5.91 Å². The van der Waals surface area contributed by atoms with Crippen LogP contribution in [0.5, 0.6) is 0 Å². The van der Waals surface area contributed by atoms with E-state index in [2.05, 4.69) is 47.4 Å². The molecule has 0 N–H and O–H groups in total. The predicted molar refractivity (Wildman–Crippen MR) is 96.0 cm³/mol. The van der Waals surface area contributed by atoms with Crippen LogP contribution in [0.25, 0.3) is 10.8 Å². The van der Waals surface area contributed by atoms with E-state index in [0.717, 1.165) is 52.0 Å². The second-order valence-corrected chi connectivity index (χ2v) is 7.05. The van der Waals surface area contributed by atoms with Crippen molar-refractivity contribution in [3.05, 3.63) is 48.0 Å². The van der Waals surface area contributed by atoms with E-state index in [0.29, 0.717) is 11.8 Å². The lowest BCUT2D eigenvalue weighted by Crippen LogP contribution is -2.42. The number of piperidine rings is 1. The maximum absolute atomic E-state index is 12.7. The summed E-state index contributed by atoms with van der Waals surface area (Å²) in [5, 5.41) is 2.69. The van der Waals surface area contributed by atoms with E-state index in [1.165, 1.54) is 16.3 Å². The highest BCUT2D eigenvalue weighted by Crippen LogP contribution is 2.33. The van der Waals surface area contributed by atoms with Crippen molar-refractivity contribution in [2.75, 3.05) is 26.3 Å². The van der Waals surface area contributed by atoms with Crippen LogP contribution in [0, 0.1) is 5.92 Å². The second kappa shape index (κ2) is 6.94. The van der Waals surface area contributed by atoms with Crippen LogP contribution in [0.15, 0.2) is 42.5 Å². The highest BCUT2D eigenvalue weighted by atomic mass is 16.5. The predicted octanol–water partition coefficient (Wildman–Crippen LogP) is 3.97. The number of carbonyl (C=O) groups excluding carboxylic acids is 1. The number of rotatable bonds is 2. The van der Waals surface area contributed by atoms with Crippen molar-refractivity contribution in [3.63, 3.8) is 0 Å². The lowest BCUT2D eigenvalue weighted by atomic mass is 9.85. The Bertz CT molecular complexity index is 707. The van der Waals surface area contributed by atoms with Crippen molar-refractivity contribution >= 4 is 16.7 Å². The molecule has 2 fully saturated rings. The first-order valence-corrected chi connectivity index (χ1v) is 9.17. The number of carbonyl (C=O) groups is 1. The van der Waals surface area contributed by atoms with Crippen LogP contribution < -0.4 is 0 Å². The molecule has 3 heteroatoms. The zero-order valence-corrected chi connectivity index (χ0v) is 14.1. The molecule has 1 amide bonds. The third kappa shape index (κ3) is 3.05. The summed E-state index contributed by atoms with van der Waals surface area (Å²) < 4.78 is 5.38. The van der Waals surface area contributed by atoms with Gasteiger partial charge in [-0.15, -0.1) is 0 Å². The van der Waals surface area contributed by atoms with Crippen LogP contribution >= 0.6 is 0 Å². The van der Waals surface area contributed by atoms with Crippen molar-refractivity contribution in [1.29, 1.82) is 0 Å². The Morgan fingerprint density at radius 1 is 0.917 bits per heavy atom. The van der Waals surface area contributed by atoms with Gasteiger partial charge in [-0.1, -0.05) is 42.5 Å². The molecule has 2 aliphatic rings. The Balaban J connectivity index is 1.45. The topological polar surface area (TPSA) is 29.5 Å². The third-order valence-electron chi connectivity index (χ3n) is 5.64. The Morgan fingerprint density at radius 2 is 1.62 bits per heavy atom. The fourth-order valence-corrected chi connectivity index (χ4v) is 4.22. The minimum absolute atomic E-state index is 0.188. The molecule has 126 valence electrons. The number of hydrogen-bond acceptors (Lipinski definition) is 2. The summed E-state index contributed by atoms with van der Waals surface area (Å²) in [6.07, 6.45) is 3.93. The molecule has 0 radical (unpaired) electrons. The number of amides is 1. The largest absolute Gasteiger partial charge is 0.381 e. The molecule has 0 unspecified atom stereocenters. The number of nitrogens with zero attached hydrogens (tertiary/aromatic N) is 1. The van der Waals surface area contributed by atoms with Gasteiger partial charge in [0.05, 0.1) is 0 Å². The van der Waals surface area contributed by atoms with E-state index in [9.17, 15) is 4.79 Å². The first-order chi connectivity index (χ1) is 11.8. The molecule has 2 aromatic rings. The second-order valence-electron chi connectivity index (χ2n) is 7.05. The molecule has 0 atom stereocenters. The number of fused-ring (bicyclic) bond motifs is 1. The van der Waals surface area contributed by atoms with Gasteiger partial charge in [-0.05, 0) is 47.9 Å². The number of likely N-dealkylation sites (tertiary alicyclic amines) is 1. The molecule has 2 aliphatic heterocycles. The summed E-state index contributed by atoms with van der Waals surface area (Å²) in [5.74, 6) is 1.11. The fourth-order valence-electron chi connectivity index (χ4n) is 4.22. The van der Waals surface area contributed by atoms with Crippen molar-refractivity contribution in [2.24, 2.45) is 5.92 Å². The van der Waals surface area contributed by atoms with E-state index in [1.54, 1.807) is 0 Å². The summed E-state index contributed by atoms with van der Waals surface area (Å²) in [7, 11) is 0. The SMILES string of the molecule is O=C(C1CCOCC1)N1CCC(c2cccc3ccccc23)CC1. The third-order valence-corrected chi connectivity index (χ3v) is 5.64. The molecular formula is C21H25NO2. The van der Waals surface area contributed by atoms with Crippen LogP contribution in [0.3, 0.4) is 0 Å². The van der Waals surface area contributed by atoms with E-state index >= 15 is 0 Å². The first-order valence-electron chi connectivity index (χ1n) is 9.17. The summed E-state index contributed by atoms with van der Waals surface area (Å²) in [6, 6.07) is 15.2. The molecule has 2 aromatic carbocycles. The average Bonchev–Trinajstić information content (AvgIpc) is 2.68. The van der Waals surface area contributed by atoms with Crippen LogP contribution in [0.1, 0.15) is 37.2 Å². The monoisotopic (exact) mass is 323 g/mol. The van der Waals surface area contributed by atoms with Crippen LogP contribution in [-0.4, -0.2) is 37.1 Å². The van der Waals surface area contributed by atoms with E-state index in [1.807, 2.05) is 0 Å².